The van der Waals surface area contributed by atoms with E-state index < -0.39 is 0 Å². The lowest BCUT2D eigenvalue weighted by Crippen LogP contribution is -2.47. The van der Waals surface area contributed by atoms with Crippen molar-refractivity contribution in [2.75, 3.05) is 7.05 Å². The second-order valence-electron chi connectivity index (χ2n) is 5.28. The molecule has 0 aliphatic heterocycles. The van der Waals surface area contributed by atoms with Gasteiger partial charge in [0.25, 0.3) is 0 Å². The van der Waals surface area contributed by atoms with Crippen molar-refractivity contribution in [2.24, 2.45) is 4.99 Å². The molecule has 20 heavy (non-hydrogen) atoms. The molecule has 1 amide bonds. The fourth-order valence-corrected chi connectivity index (χ4v) is 2.92. The van der Waals surface area contributed by atoms with Gasteiger partial charge in [-0.05, 0) is 32.8 Å². The molecule has 1 heterocycles. The van der Waals surface area contributed by atoms with Crippen LogP contribution in [0.25, 0.3) is 0 Å². The third kappa shape index (κ3) is 2.80. The molecule has 0 atom stereocenters. The minimum absolute atomic E-state index is 0.0290. The number of rotatable bonds is 4. The summed E-state index contributed by atoms with van der Waals surface area (Å²) < 4.78 is 0. The zero-order valence-electron chi connectivity index (χ0n) is 12.1. The molecule has 1 N–H and O–H groups in total. The maximum Gasteiger partial charge on any atom is 0.245 e. The van der Waals surface area contributed by atoms with Crippen LogP contribution in [-0.2, 0) is 4.79 Å². The van der Waals surface area contributed by atoms with Crippen LogP contribution in [0.5, 0.6) is 0 Å². The smallest absolute Gasteiger partial charge is 0.245 e. The van der Waals surface area contributed by atoms with Crippen LogP contribution in [0, 0.1) is 6.92 Å². The summed E-state index contributed by atoms with van der Waals surface area (Å²) in [4.78, 5) is 21.1. The Morgan fingerprint density at radius 1 is 1.60 bits per heavy atom. The number of nitrogens with zero attached hydrogens (tertiary/aromatic N) is 2. The summed E-state index contributed by atoms with van der Waals surface area (Å²) in [5, 5.41) is 0.707. The Labute approximate surface area is 124 Å². The van der Waals surface area contributed by atoms with Gasteiger partial charge in [-0.2, -0.15) is 0 Å². The Hall–Kier alpha value is -1.55. The van der Waals surface area contributed by atoms with Crippen molar-refractivity contribution in [2.45, 2.75) is 38.8 Å². The predicted molar refractivity (Wildman–Crippen MR) is 82.5 cm³/mol. The van der Waals surface area contributed by atoms with Gasteiger partial charge in [-0.15, -0.1) is 0 Å². The molecular formula is C15H20ClN3O. The predicted octanol–water partition coefficient (Wildman–Crippen LogP) is 2.96. The third-order valence-electron chi connectivity index (χ3n) is 3.93. The van der Waals surface area contributed by atoms with E-state index in [4.69, 9.17) is 16.6 Å². The number of likely N-dealkylation sites (N-methyl/N-ethyl adjacent to an activating group) is 1. The number of carbonyl (C=O) groups excluding carboxylic acids is 1. The second-order valence-corrected chi connectivity index (χ2v) is 5.69. The molecule has 0 saturated heterocycles. The number of carbonyl (C=O) groups is 1. The van der Waals surface area contributed by atoms with Crippen LogP contribution < -0.4 is 0 Å². The molecule has 0 radical (unpaired) electrons. The summed E-state index contributed by atoms with van der Waals surface area (Å²) in [5.41, 5.74) is 2.98. The summed E-state index contributed by atoms with van der Waals surface area (Å²) in [6, 6.07) is 0.537. The lowest BCUT2D eigenvalue weighted by atomic mass is 9.86. The molecule has 2 rings (SSSR count). The van der Waals surface area contributed by atoms with Gasteiger partial charge in [0.05, 0.1) is 11.1 Å². The number of aryl methyl sites for hydroxylation is 1. The highest BCUT2D eigenvalue weighted by Crippen LogP contribution is 2.29. The summed E-state index contributed by atoms with van der Waals surface area (Å²) >= 11 is 6.15. The molecule has 1 aromatic heterocycles. The first-order chi connectivity index (χ1) is 9.43. The van der Waals surface area contributed by atoms with E-state index in [1.807, 2.05) is 20.9 Å². The van der Waals surface area contributed by atoms with E-state index in [9.17, 15) is 4.79 Å². The van der Waals surface area contributed by atoms with E-state index in [-0.39, 0.29) is 18.0 Å². The summed E-state index contributed by atoms with van der Waals surface area (Å²) in [5.74, 6) is -0.0290. The quantitative estimate of drug-likeness (QED) is 0.673. The molecule has 1 aliphatic rings. The molecule has 0 aromatic carbocycles. The highest BCUT2D eigenvalue weighted by atomic mass is 35.5. The highest BCUT2D eigenvalue weighted by molar-refractivity contribution is 6.34. The first kappa shape index (κ1) is 14.9. The maximum atomic E-state index is 11.5. The second kappa shape index (κ2) is 5.83. The van der Waals surface area contributed by atoms with Gasteiger partial charge in [0, 0.05) is 36.3 Å². The van der Waals surface area contributed by atoms with Crippen molar-refractivity contribution < 1.29 is 4.79 Å². The molecule has 0 bridgehead atoms. The van der Waals surface area contributed by atoms with Crippen molar-refractivity contribution in [1.29, 1.82) is 0 Å². The van der Waals surface area contributed by atoms with Crippen molar-refractivity contribution >= 4 is 23.2 Å². The summed E-state index contributed by atoms with van der Waals surface area (Å²) in [6.45, 7) is 7.47. The molecule has 1 saturated carbocycles. The minimum Gasteiger partial charge on any atom is -0.363 e. The van der Waals surface area contributed by atoms with Crippen LogP contribution in [0.3, 0.4) is 0 Å². The number of H-pyrrole nitrogens is 1. The molecule has 1 aliphatic carbocycles. The lowest BCUT2D eigenvalue weighted by molar-refractivity contribution is -0.128. The Kier molecular flexibility index (Phi) is 4.33. The monoisotopic (exact) mass is 293 g/mol. The largest absolute Gasteiger partial charge is 0.363 e. The van der Waals surface area contributed by atoms with Crippen molar-refractivity contribution in [3.05, 3.63) is 35.1 Å². The number of hydrogen-bond donors (Lipinski definition) is 1. The van der Waals surface area contributed by atoms with Gasteiger partial charge in [0.2, 0.25) is 5.91 Å². The van der Waals surface area contributed by atoms with Crippen LogP contribution in [-0.4, -0.2) is 40.6 Å². The zero-order chi connectivity index (χ0) is 14.9. The number of aromatic nitrogens is 1. The Morgan fingerprint density at radius 3 is 2.75 bits per heavy atom. The van der Waals surface area contributed by atoms with E-state index in [1.54, 1.807) is 11.1 Å². The topological polar surface area (TPSA) is 48.5 Å². The summed E-state index contributed by atoms with van der Waals surface area (Å²) in [6.07, 6.45) is 4.93. The SMILES string of the molecule is C=CC(=O)N(C)C1CC(N=C(C)c2c(Cl)c[nH]c2C)C1. The van der Waals surface area contributed by atoms with Gasteiger partial charge < -0.3 is 9.88 Å². The molecule has 108 valence electrons. The molecule has 1 fully saturated rings. The standard InChI is InChI=1S/C15H20ClN3O/c1-5-14(20)19(4)12-6-11(7-12)18-10(3)15-9(2)17-8-13(15)16/h5,8,11-12,17H,1,6-7H2,2-4H3. The van der Waals surface area contributed by atoms with E-state index in [2.05, 4.69) is 11.6 Å². The highest BCUT2D eigenvalue weighted by Gasteiger charge is 2.33. The fourth-order valence-electron chi connectivity index (χ4n) is 2.58. The Bertz CT molecular complexity index is 536. The van der Waals surface area contributed by atoms with Gasteiger partial charge in [-0.1, -0.05) is 18.2 Å². The molecule has 0 unspecified atom stereocenters. The van der Waals surface area contributed by atoms with E-state index in [0.717, 1.165) is 29.8 Å². The number of hydrogen-bond acceptors (Lipinski definition) is 2. The number of aliphatic imine (C=N–C) groups is 1. The van der Waals surface area contributed by atoms with Gasteiger partial charge in [0.15, 0.2) is 0 Å². The summed E-state index contributed by atoms with van der Waals surface area (Å²) in [7, 11) is 1.81. The Morgan fingerprint density at radius 2 is 2.25 bits per heavy atom. The first-order valence-corrected chi connectivity index (χ1v) is 7.09. The van der Waals surface area contributed by atoms with Gasteiger partial charge in [-0.3, -0.25) is 9.79 Å². The lowest BCUT2D eigenvalue weighted by Gasteiger charge is -2.39. The van der Waals surface area contributed by atoms with Crippen LogP contribution in [0.1, 0.15) is 31.0 Å². The van der Waals surface area contributed by atoms with E-state index >= 15 is 0 Å². The first-order valence-electron chi connectivity index (χ1n) is 6.71. The fraction of sp³-hybridized carbons (Fsp3) is 0.467. The van der Waals surface area contributed by atoms with Crippen molar-refractivity contribution in [3.63, 3.8) is 0 Å². The zero-order valence-corrected chi connectivity index (χ0v) is 12.9. The van der Waals surface area contributed by atoms with Gasteiger partial charge in [-0.25, -0.2) is 0 Å². The number of aromatic amines is 1. The average Bonchev–Trinajstić information content (AvgIpc) is 2.71. The van der Waals surface area contributed by atoms with Crippen LogP contribution in [0.4, 0.5) is 0 Å². The maximum absolute atomic E-state index is 11.5. The molecule has 1 aromatic rings. The van der Waals surface area contributed by atoms with E-state index in [0.29, 0.717) is 5.02 Å². The van der Waals surface area contributed by atoms with Crippen LogP contribution in [0.2, 0.25) is 5.02 Å². The van der Waals surface area contributed by atoms with Gasteiger partial charge >= 0.3 is 0 Å². The number of halogens is 1. The molecule has 0 spiro atoms. The number of nitrogens with one attached hydrogen (secondary N) is 1. The molecule has 4 nitrogen and oxygen atoms in total. The van der Waals surface area contributed by atoms with Crippen LogP contribution >= 0.6 is 11.6 Å². The normalized spacial score (nSPS) is 22.3. The van der Waals surface area contributed by atoms with Crippen molar-refractivity contribution in [1.82, 2.24) is 9.88 Å². The van der Waals surface area contributed by atoms with Crippen molar-refractivity contribution in [3.8, 4) is 0 Å². The number of amides is 1. The van der Waals surface area contributed by atoms with E-state index in [1.165, 1.54) is 6.08 Å². The molecule has 5 heteroatoms. The minimum atomic E-state index is -0.0290. The Balaban J connectivity index is 1.98. The third-order valence-corrected chi connectivity index (χ3v) is 4.22. The van der Waals surface area contributed by atoms with Crippen LogP contribution in [0.15, 0.2) is 23.8 Å². The molecular weight excluding hydrogens is 274 g/mol. The van der Waals surface area contributed by atoms with Gasteiger partial charge in [0.1, 0.15) is 0 Å². The average molecular weight is 294 g/mol.